The highest BCUT2D eigenvalue weighted by molar-refractivity contribution is 5.70. The quantitative estimate of drug-likeness (QED) is 0.594. The van der Waals surface area contributed by atoms with E-state index in [0.717, 1.165) is 0 Å². The number of aromatic nitrogens is 4. The van der Waals surface area contributed by atoms with Crippen molar-refractivity contribution >= 4 is 17.1 Å². The maximum Gasteiger partial charge on any atom is 0.332 e. The van der Waals surface area contributed by atoms with Gasteiger partial charge in [-0.25, -0.2) is 9.78 Å². The fourth-order valence-corrected chi connectivity index (χ4v) is 2.68. The van der Waals surface area contributed by atoms with Crippen LogP contribution in [0.2, 0.25) is 0 Å². The maximum absolute atomic E-state index is 13.9. The summed E-state index contributed by atoms with van der Waals surface area (Å²) >= 11 is 0. The number of aliphatic carboxylic acids is 1. The third kappa shape index (κ3) is 4.34. The monoisotopic (exact) mass is 458 g/mol. The second-order valence-electron chi connectivity index (χ2n) is 6.29. The van der Waals surface area contributed by atoms with E-state index in [0.29, 0.717) is 6.92 Å². The Morgan fingerprint density at radius 2 is 1.90 bits per heavy atom. The van der Waals surface area contributed by atoms with Crippen LogP contribution in [0.3, 0.4) is 0 Å². The van der Waals surface area contributed by atoms with Gasteiger partial charge in [-0.05, 0) is 50.1 Å². The van der Waals surface area contributed by atoms with Gasteiger partial charge >= 0.3 is 11.7 Å². The Bertz CT molecular complexity index is 2030. The lowest BCUT2D eigenvalue weighted by Crippen LogP contribution is -2.40. The average molecular weight is 459 g/mol. The van der Waals surface area contributed by atoms with Gasteiger partial charge in [-0.15, -0.1) is 0 Å². The number of hydrogen-bond donors (Lipinski definition) is 2. The summed E-state index contributed by atoms with van der Waals surface area (Å²) in [7, 11) is 0. The highest BCUT2D eigenvalue weighted by Crippen LogP contribution is 2.50. The molecule has 8 heteroatoms. The molecule has 1 aliphatic carbocycles. The van der Waals surface area contributed by atoms with Crippen molar-refractivity contribution in [3.8, 4) is 0 Å². The van der Waals surface area contributed by atoms with E-state index < -0.39 is 141 Å². The minimum Gasteiger partial charge on any atom is -0.481 e. The number of carboxylic acids is 1. The fraction of sp³-hybridized carbons (Fsp3) is 0.739. The van der Waals surface area contributed by atoms with Gasteiger partial charge < -0.3 is 10.1 Å². The highest BCUT2D eigenvalue weighted by atomic mass is 16.4. The van der Waals surface area contributed by atoms with Crippen molar-refractivity contribution < 1.29 is 45.5 Å². The minimum absolute atomic E-state index is 0.290. The molecule has 8 nitrogen and oxygen atoms in total. The Kier molecular flexibility index (Phi) is 1.98. The van der Waals surface area contributed by atoms with Crippen LogP contribution in [-0.2, 0) is 23.2 Å². The number of aromatic amines is 1. The molecule has 31 heavy (non-hydrogen) atoms. The van der Waals surface area contributed by atoms with E-state index in [1.54, 1.807) is 0 Å². The van der Waals surface area contributed by atoms with Gasteiger partial charge in [0.2, 0.25) is 0 Å². The third-order valence-electron chi connectivity index (χ3n) is 4.22. The molecule has 0 amide bonds. The van der Waals surface area contributed by atoms with Crippen LogP contribution in [0.15, 0.2) is 9.59 Å². The van der Waals surface area contributed by atoms with Crippen molar-refractivity contribution in [1.29, 1.82) is 0 Å². The number of carbonyl (C=O) groups is 1. The molecule has 0 bridgehead atoms. The number of carboxylic acid groups (broad SMARTS) is 1. The molecule has 1 aliphatic rings. The van der Waals surface area contributed by atoms with Crippen molar-refractivity contribution in [2.75, 3.05) is 0 Å². The Balaban J connectivity index is 2.77. The standard InChI is InChI=1S/C23H36N4O4/c1-5-14-26-18-17(19(30)27(15-6-2)21(26)31)24-20(25-18)22(4)10-12-23(7-3,13-11-22)9-8-16(28)29/h5-15H2,1-4H3,(H,24,25)(H,28,29)/i1D3,2D3,3D2,7D2,8D2,9D2,10D2,11D2,12D2,13D2,14D2,15D2. The number of imidazole rings is 1. The summed E-state index contributed by atoms with van der Waals surface area (Å²) in [4.78, 5) is 45.5. The van der Waals surface area contributed by atoms with E-state index in [1.165, 1.54) is 0 Å². The summed E-state index contributed by atoms with van der Waals surface area (Å²) in [5, 5.41) is 9.68. The lowest BCUT2D eigenvalue weighted by atomic mass is 9.61. The van der Waals surface area contributed by atoms with Gasteiger partial charge in [0.1, 0.15) is 11.3 Å². The van der Waals surface area contributed by atoms with E-state index in [-0.39, 0.29) is 4.57 Å². The van der Waals surface area contributed by atoms with Crippen LogP contribution in [0.5, 0.6) is 0 Å². The van der Waals surface area contributed by atoms with E-state index >= 15 is 0 Å². The molecule has 2 aromatic heterocycles. The molecular weight excluding hydrogens is 396 g/mol. The lowest BCUT2D eigenvalue weighted by Gasteiger charge is -2.44. The van der Waals surface area contributed by atoms with Crippen LogP contribution in [0.25, 0.3) is 11.2 Å². The van der Waals surface area contributed by atoms with Crippen molar-refractivity contribution in [3.05, 3.63) is 26.7 Å². The third-order valence-corrected chi connectivity index (χ3v) is 4.22. The first-order valence-corrected chi connectivity index (χ1v) is 8.58. The number of hydrogen-bond acceptors (Lipinski definition) is 4. The summed E-state index contributed by atoms with van der Waals surface area (Å²) in [6.45, 7) is -16.7. The first-order chi connectivity index (χ1) is 24.7. The SMILES string of the molecule is [2H]C([2H])C([2H])([2H])C1(C([2H])([2H])C([2H])([2H])C(=O)O)C([2H])([2H])C([2H])([2H])C(C)(c2nc3c([nH]2)c(=O)n(C([2H])([2H])CC([2H])([2H])[2H])c(=O)n3C([2H])([2H])CC([2H])([2H])[2H])C([2H])([2H])C1([2H])[2H]. The smallest absolute Gasteiger partial charge is 0.332 e. The first-order valence-electron chi connectivity index (χ1n) is 21.7. The van der Waals surface area contributed by atoms with E-state index in [1.807, 2.05) is 4.98 Å². The largest absolute Gasteiger partial charge is 0.481 e. The summed E-state index contributed by atoms with van der Waals surface area (Å²) in [6.07, 6.45) is -36.1. The second kappa shape index (κ2) is 9.01. The predicted molar refractivity (Wildman–Crippen MR) is 121 cm³/mol. The van der Waals surface area contributed by atoms with Gasteiger partial charge in [-0.2, -0.15) is 0 Å². The molecule has 2 N–H and O–H groups in total. The van der Waals surface area contributed by atoms with Gasteiger partial charge in [-0.3, -0.25) is 18.7 Å². The van der Waals surface area contributed by atoms with Crippen LogP contribution in [0.4, 0.5) is 0 Å². The van der Waals surface area contributed by atoms with Gasteiger partial charge in [0.25, 0.3) is 5.56 Å². The predicted octanol–water partition coefficient (Wildman–Crippen LogP) is 3.80. The number of H-pyrrole nitrogens is 1. The molecule has 2 heterocycles. The number of rotatable bonds is 9. The topological polar surface area (TPSA) is 110 Å². The van der Waals surface area contributed by atoms with Gasteiger partial charge in [-0.1, -0.05) is 33.9 Å². The Hall–Kier alpha value is -2.38. The zero-order valence-corrected chi connectivity index (χ0v) is 16.0. The summed E-state index contributed by atoms with van der Waals surface area (Å²) in [6, 6.07) is 0. The van der Waals surface area contributed by atoms with Crippen LogP contribution in [-0.4, -0.2) is 30.2 Å². The number of aryl methyl sites for hydroxylation is 1. The summed E-state index contributed by atoms with van der Waals surface area (Å²) in [5.74, 6) is -4.37. The second-order valence-corrected chi connectivity index (χ2v) is 6.29. The minimum atomic E-state index is -5.01. The molecule has 0 atom stereocenters. The zero-order valence-electron chi connectivity index (χ0n) is 42.0. The molecule has 0 radical (unpaired) electrons. The van der Waals surface area contributed by atoms with Crippen molar-refractivity contribution in [3.63, 3.8) is 0 Å². The fourth-order valence-electron chi connectivity index (χ4n) is 2.68. The zero-order chi connectivity index (χ0) is 45.5. The van der Waals surface area contributed by atoms with Crippen molar-refractivity contribution in [2.45, 2.75) is 103 Å². The number of nitrogens with one attached hydrogen (secondary N) is 1. The molecular formula is C23H36N4O4. The van der Waals surface area contributed by atoms with Crippen LogP contribution < -0.4 is 11.2 Å². The Morgan fingerprint density at radius 3 is 2.52 bits per heavy atom. The molecule has 1 saturated carbocycles. The molecule has 0 aromatic carbocycles. The van der Waals surface area contributed by atoms with Crippen LogP contribution >= 0.6 is 0 Å². The highest BCUT2D eigenvalue weighted by Gasteiger charge is 2.42. The molecule has 1 fully saturated rings. The van der Waals surface area contributed by atoms with Crippen molar-refractivity contribution in [2.24, 2.45) is 5.41 Å². The molecule has 172 valence electrons. The molecule has 0 spiro atoms. The molecule has 0 aliphatic heterocycles. The van der Waals surface area contributed by atoms with Gasteiger partial charge in [0.05, 0.1) is 2.74 Å². The lowest BCUT2D eigenvalue weighted by molar-refractivity contribution is -0.137. The van der Waals surface area contributed by atoms with Crippen LogP contribution in [0, 0.1) is 5.41 Å². The first kappa shape index (κ1) is 6.81. The Morgan fingerprint density at radius 1 is 1.23 bits per heavy atom. The van der Waals surface area contributed by atoms with Crippen molar-refractivity contribution in [1.82, 2.24) is 19.1 Å². The maximum atomic E-state index is 13.9. The normalized spacial score (nSPS) is 46.1. The molecule has 0 saturated heterocycles. The molecule has 2 aromatic rings. The molecule has 0 unspecified atom stereocenters. The van der Waals surface area contributed by atoms with E-state index in [2.05, 4.69) is 4.98 Å². The Labute approximate surface area is 219 Å². The number of nitrogens with zero attached hydrogens (tertiary/aromatic N) is 3. The average Bonchev–Trinajstić information content (AvgIpc) is 3.37. The van der Waals surface area contributed by atoms with Gasteiger partial charge in [0.15, 0.2) is 5.65 Å². The van der Waals surface area contributed by atoms with Gasteiger partial charge in [0, 0.05) is 57.7 Å². The van der Waals surface area contributed by atoms with E-state index in [9.17, 15) is 19.5 Å². The summed E-state index contributed by atoms with van der Waals surface area (Å²) in [5.41, 5.74) is -15.6. The summed E-state index contributed by atoms with van der Waals surface area (Å²) < 4.78 is 217. The van der Waals surface area contributed by atoms with Crippen LogP contribution in [0.1, 0.15) is 126 Å². The molecule has 3 rings (SSSR count). The van der Waals surface area contributed by atoms with E-state index in [4.69, 9.17) is 35.6 Å². The number of fused-ring (bicyclic) bond motifs is 1.